The Labute approximate surface area is 120 Å². The van der Waals surface area contributed by atoms with Crippen molar-refractivity contribution in [3.8, 4) is 0 Å². The summed E-state index contributed by atoms with van der Waals surface area (Å²) in [6.07, 6.45) is 6.56. The summed E-state index contributed by atoms with van der Waals surface area (Å²) in [7, 11) is 0. The molecule has 1 fully saturated rings. The molecule has 1 saturated carbocycles. The van der Waals surface area contributed by atoms with E-state index in [2.05, 4.69) is 23.2 Å². The molecule has 0 bridgehead atoms. The molecule has 1 heterocycles. The molecule has 3 rings (SSSR count). The first-order valence-corrected chi connectivity index (χ1v) is 7.68. The molecule has 0 spiro atoms. The molecule has 2 aliphatic rings. The normalized spacial score (nSPS) is 18.8. The summed E-state index contributed by atoms with van der Waals surface area (Å²) in [6.45, 7) is 3.18. The third-order valence-electron chi connectivity index (χ3n) is 4.56. The molecule has 0 atom stereocenters. The Balaban J connectivity index is 1.94. The number of nitrogen functional groups attached to an aromatic ring is 1. The van der Waals surface area contributed by atoms with Crippen LogP contribution >= 0.6 is 0 Å². The summed E-state index contributed by atoms with van der Waals surface area (Å²) < 4.78 is 0. The van der Waals surface area contributed by atoms with Crippen LogP contribution in [0, 0.1) is 0 Å². The van der Waals surface area contributed by atoms with Crippen LogP contribution in [0.25, 0.3) is 0 Å². The van der Waals surface area contributed by atoms with E-state index in [1.807, 2.05) is 6.07 Å². The fourth-order valence-electron chi connectivity index (χ4n) is 3.52. The zero-order valence-corrected chi connectivity index (χ0v) is 12.1. The highest BCUT2D eigenvalue weighted by molar-refractivity contribution is 5.95. The Morgan fingerprint density at radius 3 is 2.75 bits per heavy atom. The second-order valence-electron chi connectivity index (χ2n) is 5.84. The third kappa shape index (κ3) is 2.35. The number of rotatable bonds is 3. The molecule has 1 aliphatic heterocycles. The minimum absolute atomic E-state index is 0.0905. The Hall–Kier alpha value is -1.71. The lowest BCUT2D eigenvalue weighted by Crippen LogP contribution is -2.34. The highest BCUT2D eigenvalue weighted by Crippen LogP contribution is 2.36. The van der Waals surface area contributed by atoms with E-state index in [1.54, 1.807) is 0 Å². The smallest absolute Gasteiger partial charge is 0.224 e. The van der Waals surface area contributed by atoms with Gasteiger partial charge in [-0.2, -0.15) is 0 Å². The maximum atomic E-state index is 11.5. The molecule has 0 aromatic heterocycles. The quantitative estimate of drug-likeness (QED) is 0.832. The summed E-state index contributed by atoms with van der Waals surface area (Å²) in [6, 6.07) is 4.74. The maximum Gasteiger partial charge on any atom is 0.224 e. The number of carbonyl (C=O) groups excluding carboxylic acids is 1. The van der Waals surface area contributed by atoms with Gasteiger partial charge in [0, 0.05) is 24.7 Å². The molecule has 0 unspecified atom stereocenters. The molecule has 1 aliphatic carbocycles. The monoisotopic (exact) mass is 273 g/mol. The number of nitrogens with zero attached hydrogens (tertiary/aromatic N) is 1. The summed E-state index contributed by atoms with van der Waals surface area (Å²) in [4.78, 5) is 13.9. The van der Waals surface area contributed by atoms with E-state index in [9.17, 15) is 4.79 Å². The van der Waals surface area contributed by atoms with Gasteiger partial charge in [-0.3, -0.25) is 4.79 Å². The minimum Gasteiger partial charge on any atom is -0.397 e. The van der Waals surface area contributed by atoms with Crippen molar-refractivity contribution in [2.75, 3.05) is 22.5 Å². The summed E-state index contributed by atoms with van der Waals surface area (Å²) >= 11 is 0. The van der Waals surface area contributed by atoms with Crippen LogP contribution in [-0.4, -0.2) is 18.5 Å². The molecule has 4 nitrogen and oxygen atoms in total. The van der Waals surface area contributed by atoms with Crippen molar-refractivity contribution in [3.63, 3.8) is 0 Å². The van der Waals surface area contributed by atoms with Crippen LogP contribution < -0.4 is 16.0 Å². The number of hydrogen-bond acceptors (Lipinski definition) is 3. The average molecular weight is 273 g/mol. The number of nitrogens with two attached hydrogens (primary N) is 1. The average Bonchev–Trinajstić information content (AvgIpc) is 2.94. The number of hydrogen-bond donors (Lipinski definition) is 2. The first kappa shape index (κ1) is 13.3. The van der Waals surface area contributed by atoms with Gasteiger partial charge in [0.05, 0.1) is 11.4 Å². The van der Waals surface area contributed by atoms with E-state index >= 15 is 0 Å². The maximum absolute atomic E-state index is 11.5. The van der Waals surface area contributed by atoms with Crippen LogP contribution in [0.4, 0.5) is 17.1 Å². The van der Waals surface area contributed by atoms with Crippen LogP contribution in [0.15, 0.2) is 12.1 Å². The minimum atomic E-state index is 0.0905. The van der Waals surface area contributed by atoms with Crippen molar-refractivity contribution in [1.29, 1.82) is 0 Å². The number of benzene rings is 1. The lowest BCUT2D eigenvalue weighted by Gasteiger charge is -2.32. The number of carbonyl (C=O) groups is 1. The predicted molar refractivity (Wildman–Crippen MR) is 83.1 cm³/mol. The Kier molecular flexibility index (Phi) is 3.55. The van der Waals surface area contributed by atoms with Gasteiger partial charge in [-0.25, -0.2) is 0 Å². The van der Waals surface area contributed by atoms with E-state index in [0.717, 1.165) is 30.0 Å². The molecule has 1 aromatic rings. The molecule has 4 heteroatoms. The lowest BCUT2D eigenvalue weighted by molar-refractivity contribution is -0.116. The SMILES string of the molecule is CCN(c1cc2c(cc1N)NC(=O)CC2)C1CCCC1. The van der Waals surface area contributed by atoms with Gasteiger partial charge in [0.15, 0.2) is 0 Å². The molecule has 108 valence electrons. The van der Waals surface area contributed by atoms with E-state index in [1.165, 1.54) is 31.2 Å². The van der Waals surface area contributed by atoms with Gasteiger partial charge in [0.1, 0.15) is 0 Å². The van der Waals surface area contributed by atoms with Crippen LogP contribution in [0.5, 0.6) is 0 Å². The molecule has 1 amide bonds. The number of anilines is 3. The molecule has 0 radical (unpaired) electrons. The molecule has 0 saturated heterocycles. The Morgan fingerprint density at radius 2 is 2.05 bits per heavy atom. The Bertz CT molecular complexity index is 521. The fraction of sp³-hybridized carbons (Fsp3) is 0.562. The van der Waals surface area contributed by atoms with Gasteiger partial charge in [0.25, 0.3) is 0 Å². The van der Waals surface area contributed by atoms with Crippen LogP contribution in [-0.2, 0) is 11.2 Å². The third-order valence-corrected chi connectivity index (χ3v) is 4.56. The fourth-order valence-corrected chi connectivity index (χ4v) is 3.52. The van der Waals surface area contributed by atoms with E-state index in [4.69, 9.17) is 5.73 Å². The number of fused-ring (bicyclic) bond motifs is 1. The summed E-state index contributed by atoms with van der Waals surface area (Å²) in [5.41, 5.74) is 10.3. The molecule has 20 heavy (non-hydrogen) atoms. The van der Waals surface area contributed by atoms with E-state index < -0.39 is 0 Å². The molecule has 3 N–H and O–H groups in total. The van der Waals surface area contributed by atoms with Crippen molar-refractivity contribution in [3.05, 3.63) is 17.7 Å². The lowest BCUT2D eigenvalue weighted by atomic mass is 10.00. The van der Waals surface area contributed by atoms with Gasteiger partial charge in [-0.05, 0) is 43.9 Å². The van der Waals surface area contributed by atoms with Gasteiger partial charge < -0.3 is 16.0 Å². The van der Waals surface area contributed by atoms with Crippen molar-refractivity contribution >= 4 is 23.0 Å². The van der Waals surface area contributed by atoms with Gasteiger partial charge >= 0.3 is 0 Å². The van der Waals surface area contributed by atoms with Gasteiger partial charge in [-0.1, -0.05) is 12.8 Å². The molecular formula is C16H23N3O. The highest BCUT2D eigenvalue weighted by atomic mass is 16.1. The largest absolute Gasteiger partial charge is 0.397 e. The number of aryl methyl sites for hydroxylation is 1. The van der Waals surface area contributed by atoms with Crippen LogP contribution in [0.1, 0.15) is 44.6 Å². The van der Waals surface area contributed by atoms with Crippen LogP contribution in [0.3, 0.4) is 0 Å². The van der Waals surface area contributed by atoms with Crippen molar-refractivity contribution in [1.82, 2.24) is 0 Å². The van der Waals surface area contributed by atoms with Crippen molar-refractivity contribution in [2.24, 2.45) is 0 Å². The van der Waals surface area contributed by atoms with E-state index in [0.29, 0.717) is 12.5 Å². The number of amides is 1. The van der Waals surface area contributed by atoms with Crippen molar-refractivity contribution < 1.29 is 4.79 Å². The standard InChI is InChI=1S/C16H23N3O/c1-2-19(12-5-3-4-6-12)15-9-11-7-8-16(20)18-14(11)10-13(15)17/h9-10,12H,2-8,17H2,1H3,(H,18,20). The number of nitrogens with one attached hydrogen (secondary N) is 1. The van der Waals surface area contributed by atoms with E-state index in [-0.39, 0.29) is 5.91 Å². The van der Waals surface area contributed by atoms with Gasteiger partial charge in [-0.15, -0.1) is 0 Å². The first-order chi connectivity index (χ1) is 9.69. The molecular weight excluding hydrogens is 250 g/mol. The zero-order valence-electron chi connectivity index (χ0n) is 12.1. The van der Waals surface area contributed by atoms with Crippen LogP contribution in [0.2, 0.25) is 0 Å². The zero-order chi connectivity index (χ0) is 14.1. The second kappa shape index (κ2) is 5.35. The predicted octanol–water partition coefficient (Wildman–Crippen LogP) is 2.92. The van der Waals surface area contributed by atoms with Crippen molar-refractivity contribution in [2.45, 2.75) is 51.5 Å². The summed E-state index contributed by atoms with van der Waals surface area (Å²) in [5, 5.41) is 2.92. The topological polar surface area (TPSA) is 58.4 Å². The first-order valence-electron chi connectivity index (χ1n) is 7.68. The second-order valence-corrected chi connectivity index (χ2v) is 5.84. The molecule has 1 aromatic carbocycles. The Morgan fingerprint density at radius 1 is 1.30 bits per heavy atom. The van der Waals surface area contributed by atoms with Gasteiger partial charge in [0.2, 0.25) is 5.91 Å². The highest BCUT2D eigenvalue weighted by Gasteiger charge is 2.25. The summed E-state index contributed by atoms with van der Waals surface area (Å²) in [5.74, 6) is 0.0905.